The summed E-state index contributed by atoms with van der Waals surface area (Å²) in [5.41, 5.74) is 1.78. The monoisotopic (exact) mass is 261 g/mol. The maximum atomic E-state index is 12.4. The lowest BCUT2D eigenvalue weighted by Crippen LogP contribution is -2.32. The summed E-state index contributed by atoms with van der Waals surface area (Å²) in [6, 6.07) is 7.72. The van der Waals surface area contributed by atoms with Gasteiger partial charge >= 0.3 is 0 Å². The molecule has 3 heteroatoms. The Hall–Kier alpha value is -1.35. The number of nitrogens with zero attached hydrogens (tertiary/aromatic N) is 1. The van der Waals surface area contributed by atoms with E-state index in [0.29, 0.717) is 18.9 Å². The highest BCUT2D eigenvalue weighted by molar-refractivity contribution is 5.94. The molecule has 0 aliphatic carbocycles. The van der Waals surface area contributed by atoms with Crippen LogP contribution in [-0.4, -0.2) is 17.6 Å². The Kier molecular flexibility index (Phi) is 4.59. The van der Waals surface area contributed by atoms with Crippen molar-refractivity contribution in [1.82, 2.24) is 0 Å². The first-order valence-corrected chi connectivity index (χ1v) is 7.20. The van der Waals surface area contributed by atoms with Gasteiger partial charge in [-0.05, 0) is 24.8 Å². The number of rotatable bonds is 3. The van der Waals surface area contributed by atoms with Crippen molar-refractivity contribution in [2.24, 2.45) is 5.92 Å². The first-order valence-electron chi connectivity index (χ1n) is 7.20. The largest absolute Gasteiger partial charge is 0.388 e. The Labute approximate surface area is 115 Å². The summed E-state index contributed by atoms with van der Waals surface area (Å²) in [5.74, 6) is 0.587. The molecule has 19 heavy (non-hydrogen) atoms. The number of para-hydroxylation sites is 1. The van der Waals surface area contributed by atoms with E-state index in [1.165, 1.54) is 0 Å². The molecule has 0 spiro atoms. The molecule has 1 aromatic carbocycles. The number of hydrogen-bond acceptors (Lipinski definition) is 2. The normalized spacial score (nSPS) is 20.6. The van der Waals surface area contributed by atoms with Gasteiger partial charge in [0.15, 0.2) is 0 Å². The number of aliphatic hydroxyl groups is 1. The van der Waals surface area contributed by atoms with Gasteiger partial charge in [-0.2, -0.15) is 0 Å². The van der Waals surface area contributed by atoms with E-state index in [1.54, 1.807) is 0 Å². The molecule has 1 amide bonds. The summed E-state index contributed by atoms with van der Waals surface area (Å²) in [7, 11) is 0. The van der Waals surface area contributed by atoms with E-state index >= 15 is 0 Å². The number of benzene rings is 1. The standard InChI is InChI=1S/C16H23NO2/c1-3-12(2)11-16(19)17-10-6-9-15(18)13-7-4-5-8-14(13)17/h4-5,7-8,12,15,18H,3,6,9-11H2,1-2H3. The summed E-state index contributed by atoms with van der Waals surface area (Å²) in [6.45, 7) is 4.93. The second-order valence-electron chi connectivity index (χ2n) is 5.48. The number of amides is 1. The SMILES string of the molecule is CCC(C)CC(=O)N1CCCC(O)c2ccccc21. The fourth-order valence-corrected chi connectivity index (χ4v) is 2.55. The molecule has 0 saturated carbocycles. The Bertz CT molecular complexity index is 444. The van der Waals surface area contributed by atoms with E-state index in [4.69, 9.17) is 0 Å². The van der Waals surface area contributed by atoms with Gasteiger partial charge < -0.3 is 10.0 Å². The highest BCUT2D eigenvalue weighted by Gasteiger charge is 2.25. The Morgan fingerprint density at radius 2 is 2.21 bits per heavy atom. The van der Waals surface area contributed by atoms with Gasteiger partial charge in [-0.1, -0.05) is 38.5 Å². The Morgan fingerprint density at radius 1 is 1.47 bits per heavy atom. The molecular weight excluding hydrogens is 238 g/mol. The molecule has 104 valence electrons. The molecule has 1 aliphatic heterocycles. The average molecular weight is 261 g/mol. The van der Waals surface area contributed by atoms with E-state index in [2.05, 4.69) is 13.8 Å². The summed E-state index contributed by atoms with van der Waals surface area (Å²) in [6.07, 6.45) is 2.73. The fourth-order valence-electron chi connectivity index (χ4n) is 2.55. The average Bonchev–Trinajstić information content (AvgIpc) is 2.58. The van der Waals surface area contributed by atoms with E-state index in [0.717, 1.165) is 30.5 Å². The van der Waals surface area contributed by atoms with E-state index in [1.807, 2.05) is 29.2 Å². The summed E-state index contributed by atoms with van der Waals surface area (Å²) >= 11 is 0. The first-order chi connectivity index (χ1) is 9.13. The van der Waals surface area contributed by atoms with Crippen LogP contribution in [0.2, 0.25) is 0 Å². The summed E-state index contributed by atoms with van der Waals surface area (Å²) in [5, 5.41) is 10.1. The highest BCUT2D eigenvalue weighted by atomic mass is 16.3. The minimum absolute atomic E-state index is 0.177. The molecule has 1 aliphatic rings. The molecule has 3 nitrogen and oxygen atoms in total. The molecule has 2 rings (SSSR count). The van der Waals surface area contributed by atoms with Crippen LogP contribution in [0.15, 0.2) is 24.3 Å². The van der Waals surface area contributed by atoms with Gasteiger partial charge in [-0.25, -0.2) is 0 Å². The fraction of sp³-hybridized carbons (Fsp3) is 0.562. The van der Waals surface area contributed by atoms with Crippen molar-refractivity contribution in [2.75, 3.05) is 11.4 Å². The van der Waals surface area contributed by atoms with Gasteiger partial charge in [0.25, 0.3) is 0 Å². The van der Waals surface area contributed by atoms with Crippen molar-refractivity contribution < 1.29 is 9.90 Å². The Morgan fingerprint density at radius 3 is 2.95 bits per heavy atom. The smallest absolute Gasteiger partial charge is 0.227 e. The maximum Gasteiger partial charge on any atom is 0.227 e. The summed E-state index contributed by atoms with van der Waals surface area (Å²) < 4.78 is 0. The lowest BCUT2D eigenvalue weighted by molar-refractivity contribution is -0.119. The van der Waals surface area contributed by atoms with Crippen LogP contribution in [0, 0.1) is 5.92 Å². The molecule has 0 radical (unpaired) electrons. The predicted molar refractivity (Wildman–Crippen MR) is 77.1 cm³/mol. The van der Waals surface area contributed by atoms with Crippen LogP contribution >= 0.6 is 0 Å². The molecule has 1 heterocycles. The van der Waals surface area contributed by atoms with Crippen LogP contribution < -0.4 is 4.90 Å². The highest BCUT2D eigenvalue weighted by Crippen LogP contribution is 2.33. The van der Waals surface area contributed by atoms with Crippen molar-refractivity contribution in [1.29, 1.82) is 0 Å². The van der Waals surface area contributed by atoms with Crippen LogP contribution in [0.4, 0.5) is 5.69 Å². The van der Waals surface area contributed by atoms with E-state index in [-0.39, 0.29) is 5.91 Å². The van der Waals surface area contributed by atoms with Crippen LogP contribution in [0.1, 0.15) is 51.2 Å². The molecule has 0 bridgehead atoms. The molecule has 1 N–H and O–H groups in total. The lowest BCUT2D eigenvalue weighted by atomic mass is 10.0. The van der Waals surface area contributed by atoms with Crippen molar-refractivity contribution >= 4 is 11.6 Å². The summed E-state index contributed by atoms with van der Waals surface area (Å²) in [4.78, 5) is 14.3. The van der Waals surface area contributed by atoms with Crippen molar-refractivity contribution in [3.8, 4) is 0 Å². The molecule has 2 atom stereocenters. The second-order valence-corrected chi connectivity index (χ2v) is 5.48. The maximum absolute atomic E-state index is 12.4. The molecule has 2 unspecified atom stereocenters. The first kappa shape index (κ1) is 14.1. The van der Waals surface area contributed by atoms with Crippen LogP contribution in [0.25, 0.3) is 0 Å². The minimum atomic E-state index is -0.447. The van der Waals surface area contributed by atoms with Crippen molar-refractivity contribution in [3.63, 3.8) is 0 Å². The quantitative estimate of drug-likeness (QED) is 0.907. The Balaban J connectivity index is 2.25. The van der Waals surface area contributed by atoms with Crippen LogP contribution in [0.5, 0.6) is 0 Å². The van der Waals surface area contributed by atoms with E-state index in [9.17, 15) is 9.90 Å². The third-order valence-electron chi connectivity index (χ3n) is 3.97. The number of hydrogen-bond donors (Lipinski definition) is 1. The molecule has 1 aromatic rings. The number of fused-ring (bicyclic) bond motifs is 1. The zero-order valence-corrected chi connectivity index (χ0v) is 11.8. The van der Waals surface area contributed by atoms with E-state index < -0.39 is 6.10 Å². The van der Waals surface area contributed by atoms with Gasteiger partial charge in [-0.3, -0.25) is 4.79 Å². The third-order valence-corrected chi connectivity index (χ3v) is 3.97. The zero-order chi connectivity index (χ0) is 13.8. The van der Waals surface area contributed by atoms with Gasteiger partial charge in [0.2, 0.25) is 5.91 Å². The number of carbonyl (C=O) groups excluding carboxylic acids is 1. The van der Waals surface area contributed by atoms with Crippen LogP contribution in [0.3, 0.4) is 0 Å². The predicted octanol–water partition coefficient (Wildman–Crippen LogP) is 3.28. The number of anilines is 1. The lowest BCUT2D eigenvalue weighted by Gasteiger charge is -2.24. The zero-order valence-electron chi connectivity index (χ0n) is 11.8. The van der Waals surface area contributed by atoms with Gasteiger partial charge in [0.05, 0.1) is 6.10 Å². The molecule has 0 fully saturated rings. The van der Waals surface area contributed by atoms with Gasteiger partial charge in [0.1, 0.15) is 0 Å². The van der Waals surface area contributed by atoms with Crippen molar-refractivity contribution in [3.05, 3.63) is 29.8 Å². The van der Waals surface area contributed by atoms with Crippen LogP contribution in [-0.2, 0) is 4.79 Å². The van der Waals surface area contributed by atoms with Crippen molar-refractivity contribution in [2.45, 2.75) is 45.6 Å². The van der Waals surface area contributed by atoms with Gasteiger partial charge in [-0.15, -0.1) is 0 Å². The van der Waals surface area contributed by atoms with Gasteiger partial charge in [0, 0.05) is 24.2 Å². The minimum Gasteiger partial charge on any atom is -0.388 e. The molecule has 0 aromatic heterocycles. The number of carbonyl (C=O) groups is 1. The molecular formula is C16H23NO2. The molecule has 0 saturated heterocycles. The number of aliphatic hydroxyl groups excluding tert-OH is 1. The topological polar surface area (TPSA) is 40.5 Å². The third kappa shape index (κ3) is 3.16. The second kappa shape index (κ2) is 6.20.